The summed E-state index contributed by atoms with van der Waals surface area (Å²) in [6.07, 6.45) is 3.29. The first-order valence-electron chi connectivity index (χ1n) is 12.7. The van der Waals surface area contributed by atoms with Crippen LogP contribution in [0.1, 0.15) is 38.7 Å². The second-order valence-corrected chi connectivity index (χ2v) is 9.92. The average Bonchev–Trinajstić information content (AvgIpc) is 3.37. The number of amides is 3. The molecule has 5 rings (SSSR count). The van der Waals surface area contributed by atoms with Crippen molar-refractivity contribution < 1.29 is 28.7 Å². The summed E-state index contributed by atoms with van der Waals surface area (Å²) in [5, 5.41) is 0. The third kappa shape index (κ3) is 4.63. The molecule has 2 aliphatic heterocycles. The Balaban J connectivity index is 1.25. The number of aryl methyl sites for hydroxylation is 1. The van der Waals surface area contributed by atoms with Crippen LogP contribution in [0, 0.1) is 24.7 Å². The van der Waals surface area contributed by atoms with Crippen molar-refractivity contribution in [2.75, 3.05) is 23.0 Å². The maximum Gasteiger partial charge on any atom is 0.316 e. The van der Waals surface area contributed by atoms with Gasteiger partial charge < -0.3 is 14.4 Å². The third-order valence-corrected chi connectivity index (χ3v) is 7.37. The molecule has 1 aliphatic carbocycles. The van der Waals surface area contributed by atoms with E-state index in [1.54, 1.807) is 54.3 Å². The standard InChI is InChI=1S/C29H30N2O6/c1-4-36-21-8-6-20(7-9-21)30-16-19(15-26(30)32)29(35)37-22-10-12-25(18(3)14-22)31-27(33)23-11-5-17(2)13-24(23)28(31)34/h5-10,12,14,19,23-24H,4,11,13,15-16H2,1-3H3/t19-,23+,24+/m1/s1. The highest BCUT2D eigenvalue weighted by molar-refractivity contribution is 6.22. The van der Waals surface area contributed by atoms with Gasteiger partial charge in [0.2, 0.25) is 17.7 Å². The Bertz CT molecular complexity index is 1300. The van der Waals surface area contributed by atoms with Crippen LogP contribution >= 0.6 is 0 Å². The van der Waals surface area contributed by atoms with Gasteiger partial charge in [-0.3, -0.25) is 19.2 Å². The second-order valence-electron chi connectivity index (χ2n) is 9.92. The number of carbonyl (C=O) groups excluding carboxylic acids is 4. The number of benzene rings is 2. The van der Waals surface area contributed by atoms with Crippen molar-refractivity contribution in [1.82, 2.24) is 0 Å². The highest BCUT2D eigenvalue weighted by atomic mass is 16.5. The van der Waals surface area contributed by atoms with E-state index in [9.17, 15) is 19.2 Å². The quantitative estimate of drug-likeness (QED) is 0.254. The van der Waals surface area contributed by atoms with Gasteiger partial charge in [-0.1, -0.05) is 11.6 Å². The van der Waals surface area contributed by atoms with Crippen LogP contribution in [0.2, 0.25) is 0 Å². The molecular weight excluding hydrogens is 472 g/mol. The van der Waals surface area contributed by atoms with Crippen LogP contribution in [-0.2, 0) is 19.2 Å². The Morgan fingerprint density at radius 1 is 0.946 bits per heavy atom. The number of nitrogens with zero attached hydrogens (tertiary/aromatic N) is 2. The minimum atomic E-state index is -0.598. The summed E-state index contributed by atoms with van der Waals surface area (Å²) in [5.74, 6) is -1.18. The molecule has 0 unspecified atom stereocenters. The van der Waals surface area contributed by atoms with Crippen LogP contribution in [-0.4, -0.2) is 36.8 Å². The van der Waals surface area contributed by atoms with E-state index in [1.807, 2.05) is 19.9 Å². The van der Waals surface area contributed by atoms with Crippen LogP contribution in [0.5, 0.6) is 11.5 Å². The molecule has 0 bridgehead atoms. The molecule has 0 N–H and O–H groups in total. The van der Waals surface area contributed by atoms with Gasteiger partial charge in [0.15, 0.2) is 0 Å². The molecule has 2 saturated heterocycles. The van der Waals surface area contributed by atoms with E-state index >= 15 is 0 Å². The van der Waals surface area contributed by atoms with Crippen molar-refractivity contribution in [2.24, 2.45) is 17.8 Å². The van der Waals surface area contributed by atoms with Gasteiger partial charge in [0, 0.05) is 18.7 Å². The van der Waals surface area contributed by atoms with Crippen molar-refractivity contribution in [3.63, 3.8) is 0 Å². The number of hydrogen-bond acceptors (Lipinski definition) is 6. The van der Waals surface area contributed by atoms with E-state index in [4.69, 9.17) is 9.47 Å². The van der Waals surface area contributed by atoms with Crippen LogP contribution in [0.4, 0.5) is 11.4 Å². The topological polar surface area (TPSA) is 93.2 Å². The minimum Gasteiger partial charge on any atom is -0.494 e. The number of fused-ring (bicyclic) bond motifs is 1. The summed E-state index contributed by atoms with van der Waals surface area (Å²) >= 11 is 0. The van der Waals surface area contributed by atoms with E-state index in [0.29, 0.717) is 42.1 Å². The maximum atomic E-state index is 13.1. The SMILES string of the molecule is CCOc1ccc(N2C[C@H](C(=O)Oc3ccc(N4C(=O)[C@H]5CC=C(C)C[C@@H]5C4=O)c(C)c3)CC2=O)cc1. The summed E-state index contributed by atoms with van der Waals surface area (Å²) < 4.78 is 11.1. The van der Waals surface area contributed by atoms with Crippen molar-refractivity contribution >= 4 is 35.1 Å². The molecule has 8 heteroatoms. The first-order chi connectivity index (χ1) is 17.8. The smallest absolute Gasteiger partial charge is 0.316 e. The van der Waals surface area contributed by atoms with Crippen molar-refractivity contribution in [1.29, 1.82) is 0 Å². The zero-order valence-corrected chi connectivity index (χ0v) is 21.2. The Labute approximate surface area is 215 Å². The zero-order chi connectivity index (χ0) is 26.3. The summed E-state index contributed by atoms with van der Waals surface area (Å²) in [6, 6.07) is 12.1. The van der Waals surface area contributed by atoms with Gasteiger partial charge in [-0.2, -0.15) is 0 Å². The highest BCUT2D eigenvalue weighted by Crippen LogP contribution is 2.41. The summed E-state index contributed by atoms with van der Waals surface area (Å²) in [6.45, 7) is 6.46. The molecule has 2 aromatic carbocycles. The van der Waals surface area contributed by atoms with Crippen LogP contribution < -0.4 is 19.3 Å². The van der Waals surface area contributed by atoms with Gasteiger partial charge in [-0.25, -0.2) is 4.90 Å². The monoisotopic (exact) mass is 502 g/mol. The van der Waals surface area contributed by atoms with Gasteiger partial charge in [-0.15, -0.1) is 0 Å². The second kappa shape index (κ2) is 9.84. The number of anilines is 2. The molecule has 2 fully saturated rings. The number of allylic oxidation sites excluding steroid dienone is 2. The van der Waals surface area contributed by atoms with Crippen molar-refractivity contribution in [3.8, 4) is 11.5 Å². The normalized spacial score (nSPS) is 23.3. The fraction of sp³-hybridized carbons (Fsp3) is 0.379. The lowest BCUT2D eigenvalue weighted by Crippen LogP contribution is -2.31. The van der Waals surface area contributed by atoms with Crippen molar-refractivity contribution in [2.45, 2.75) is 40.0 Å². The van der Waals surface area contributed by atoms with Crippen molar-refractivity contribution in [3.05, 3.63) is 59.7 Å². The average molecular weight is 503 g/mol. The Kier molecular flexibility index (Phi) is 6.58. The predicted molar refractivity (Wildman–Crippen MR) is 137 cm³/mol. The summed E-state index contributed by atoms with van der Waals surface area (Å²) in [4.78, 5) is 54.4. The number of rotatable bonds is 6. The van der Waals surface area contributed by atoms with Gasteiger partial charge in [-0.05, 0) is 81.6 Å². The minimum absolute atomic E-state index is 0.0656. The lowest BCUT2D eigenvalue weighted by molar-refractivity contribution is -0.139. The molecule has 2 aromatic rings. The number of ether oxygens (including phenoxy) is 2. The van der Waals surface area contributed by atoms with E-state index < -0.39 is 11.9 Å². The summed E-state index contributed by atoms with van der Waals surface area (Å²) in [5.41, 5.74) is 3.01. The van der Waals surface area contributed by atoms with E-state index in [1.165, 1.54) is 4.90 Å². The highest BCUT2D eigenvalue weighted by Gasteiger charge is 2.49. The van der Waals surface area contributed by atoms with Crippen LogP contribution in [0.25, 0.3) is 0 Å². The number of esters is 1. The molecule has 8 nitrogen and oxygen atoms in total. The Morgan fingerprint density at radius 3 is 2.35 bits per heavy atom. The zero-order valence-electron chi connectivity index (χ0n) is 21.2. The number of hydrogen-bond donors (Lipinski definition) is 0. The fourth-order valence-corrected chi connectivity index (χ4v) is 5.42. The van der Waals surface area contributed by atoms with Crippen LogP contribution in [0.15, 0.2) is 54.1 Å². The molecule has 0 aromatic heterocycles. The lowest BCUT2D eigenvalue weighted by Gasteiger charge is -2.19. The Hall–Kier alpha value is -3.94. The molecule has 2 heterocycles. The van der Waals surface area contributed by atoms with E-state index in [-0.39, 0.29) is 42.5 Å². The molecule has 3 atom stereocenters. The fourth-order valence-electron chi connectivity index (χ4n) is 5.42. The molecule has 37 heavy (non-hydrogen) atoms. The maximum absolute atomic E-state index is 13.1. The molecule has 3 amide bonds. The predicted octanol–water partition coefficient (Wildman–Crippen LogP) is 4.20. The van der Waals surface area contributed by atoms with Gasteiger partial charge in [0.1, 0.15) is 11.5 Å². The number of carbonyl (C=O) groups is 4. The lowest BCUT2D eigenvalue weighted by atomic mass is 9.82. The van der Waals surface area contributed by atoms with Crippen LogP contribution in [0.3, 0.4) is 0 Å². The van der Waals surface area contributed by atoms with Gasteiger partial charge >= 0.3 is 5.97 Å². The first kappa shape index (κ1) is 24.7. The summed E-state index contributed by atoms with van der Waals surface area (Å²) in [7, 11) is 0. The van der Waals surface area contributed by atoms with E-state index in [0.717, 1.165) is 11.3 Å². The molecule has 192 valence electrons. The Morgan fingerprint density at radius 2 is 1.65 bits per heavy atom. The van der Waals surface area contributed by atoms with E-state index in [2.05, 4.69) is 0 Å². The molecule has 0 saturated carbocycles. The first-order valence-corrected chi connectivity index (χ1v) is 12.7. The molecule has 3 aliphatic rings. The van der Waals surface area contributed by atoms with Gasteiger partial charge in [0.05, 0.1) is 30.0 Å². The number of imide groups is 1. The third-order valence-electron chi connectivity index (χ3n) is 7.37. The molecule has 0 radical (unpaired) electrons. The molecule has 0 spiro atoms. The molecular formula is C29H30N2O6. The van der Waals surface area contributed by atoms with Gasteiger partial charge in [0.25, 0.3) is 0 Å². The largest absolute Gasteiger partial charge is 0.494 e.